The first-order valence-electron chi connectivity index (χ1n) is 8.13. The minimum atomic E-state index is -4.78. The second-order valence-electron chi connectivity index (χ2n) is 6.01. The van der Waals surface area contributed by atoms with Crippen LogP contribution in [0.3, 0.4) is 0 Å². The third-order valence-corrected chi connectivity index (χ3v) is 4.63. The van der Waals surface area contributed by atoms with Gasteiger partial charge in [0.2, 0.25) is 5.82 Å². The van der Waals surface area contributed by atoms with Crippen molar-refractivity contribution in [2.45, 2.75) is 6.36 Å². The molecule has 0 unspecified atom stereocenters. The summed E-state index contributed by atoms with van der Waals surface area (Å²) in [5.74, 6) is -0.761. The van der Waals surface area contributed by atoms with Crippen LogP contribution in [-0.4, -0.2) is 59.3 Å². The van der Waals surface area contributed by atoms with E-state index in [0.29, 0.717) is 28.4 Å². The summed E-state index contributed by atoms with van der Waals surface area (Å²) >= 11 is 1.09. The number of hydrogen-bond donors (Lipinski definition) is 0. The van der Waals surface area contributed by atoms with E-state index in [1.807, 2.05) is 19.0 Å². The molecular weight excluding hydrogens is 395 g/mol. The van der Waals surface area contributed by atoms with E-state index < -0.39 is 12.3 Å². The highest BCUT2D eigenvalue weighted by atomic mass is 32.1. The number of nitrogens with zero attached hydrogens (tertiary/aromatic N) is 5. The minimum Gasteiger partial charge on any atom is -0.406 e. The first kappa shape index (κ1) is 20.0. The maximum atomic E-state index is 12.9. The first-order valence-corrected chi connectivity index (χ1v) is 8.94. The first-order chi connectivity index (χ1) is 13.2. The lowest BCUT2D eigenvalue weighted by Gasteiger charge is -2.21. The zero-order valence-electron chi connectivity index (χ0n) is 15.0. The molecule has 0 spiro atoms. The summed E-state index contributed by atoms with van der Waals surface area (Å²) in [6.45, 7) is 0.868. The summed E-state index contributed by atoms with van der Waals surface area (Å²) in [7, 11) is 3.72. The molecule has 0 N–H and O–H groups in total. The highest BCUT2D eigenvalue weighted by Gasteiger charge is 2.31. The molecule has 0 radical (unpaired) electrons. The number of fused-ring (bicyclic) bond motifs is 1. The predicted octanol–water partition coefficient (Wildman–Crippen LogP) is 3.19. The SMILES string of the molecule is CN(C)CCN(C(=O)c1ncccn1)c1nc2ccc(OC(F)(F)F)cc2s1. The van der Waals surface area contributed by atoms with Crippen molar-refractivity contribution in [2.24, 2.45) is 0 Å². The van der Waals surface area contributed by atoms with Crippen LogP contribution in [0, 0.1) is 0 Å². The molecule has 3 rings (SSSR count). The van der Waals surface area contributed by atoms with E-state index in [4.69, 9.17) is 0 Å². The number of hydrogen-bond acceptors (Lipinski definition) is 7. The zero-order valence-corrected chi connectivity index (χ0v) is 15.8. The van der Waals surface area contributed by atoms with Crippen molar-refractivity contribution in [3.05, 3.63) is 42.5 Å². The Morgan fingerprint density at radius 1 is 1.18 bits per heavy atom. The molecule has 2 heterocycles. The van der Waals surface area contributed by atoms with Gasteiger partial charge in [-0.25, -0.2) is 15.0 Å². The van der Waals surface area contributed by atoms with Gasteiger partial charge in [-0.2, -0.15) is 0 Å². The Labute approximate surface area is 162 Å². The molecule has 1 amide bonds. The van der Waals surface area contributed by atoms with Crippen LogP contribution in [0.5, 0.6) is 5.75 Å². The molecule has 0 aliphatic heterocycles. The Balaban J connectivity index is 1.94. The van der Waals surface area contributed by atoms with Gasteiger partial charge in [0.05, 0.1) is 10.2 Å². The van der Waals surface area contributed by atoms with Crippen molar-refractivity contribution < 1.29 is 22.7 Å². The molecular formula is C17H16F3N5O2S. The van der Waals surface area contributed by atoms with E-state index in [2.05, 4.69) is 19.7 Å². The second-order valence-corrected chi connectivity index (χ2v) is 7.02. The number of amides is 1. The fourth-order valence-electron chi connectivity index (χ4n) is 2.32. The molecule has 0 bridgehead atoms. The van der Waals surface area contributed by atoms with Gasteiger partial charge < -0.3 is 9.64 Å². The lowest BCUT2D eigenvalue weighted by Crippen LogP contribution is -2.37. The van der Waals surface area contributed by atoms with E-state index in [9.17, 15) is 18.0 Å². The van der Waals surface area contributed by atoms with E-state index in [1.54, 1.807) is 6.07 Å². The summed E-state index contributed by atoms with van der Waals surface area (Å²) in [4.78, 5) is 28.5. The molecule has 148 valence electrons. The number of halogens is 3. The van der Waals surface area contributed by atoms with Crippen molar-refractivity contribution >= 4 is 32.6 Å². The van der Waals surface area contributed by atoms with Crippen molar-refractivity contribution in [3.8, 4) is 5.75 Å². The van der Waals surface area contributed by atoms with Gasteiger partial charge in [0.15, 0.2) is 5.13 Å². The van der Waals surface area contributed by atoms with E-state index in [1.165, 1.54) is 35.5 Å². The smallest absolute Gasteiger partial charge is 0.406 e. The molecule has 11 heteroatoms. The zero-order chi connectivity index (χ0) is 20.3. The normalized spacial score (nSPS) is 11.8. The Morgan fingerprint density at radius 3 is 2.54 bits per heavy atom. The number of benzene rings is 1. The van der Waals surface area contributed by atoms with Crippen LogP contribution < -0.4 is 9.64 Å². The molecule has 0 aliphatic rings. The van der Waals surface area contributed by atoms with Gasteiger partial charge in [0.1, 0.15) is 5.75 Å². The lowest BCUT2D eigenvalue weighted by molar-refractivity contribution is -0.274. The predicted molar refractivity (Wildman–Crippen MR) is 98.6 cm³/mol. The van der Waals surface area contributed by atoms with Crippen LogP contribution in [0.25, 0.3) is 10.2 Å². The van der Waals surface area contributed by atoms with Gasteiger partial charge in [-0.3, -0.25) is 9.69 Å². The quantitative estimate of drug-likeness (QED) is 0.620. The van der Waals surface area contributed by atoms with Crippen LogP contribution in [0.4, 0.5) is 18.3 Å². The topological polar surface area (TPSA) is 71.5 Å². The third kappa shape index (κ3) is 4.93. The van der Waals surface area contributed by atoms with Crippen LogP contribution in [0.2, 0.25) is 0 Å². The summed E-state index contributed by atoms with van der Waals surface area (Å²) in [5, 5.41) is 0.346. The minimum absolute atomic E-state index is 0.0154. The van der Waals surface area contributed by atoms with E-state index in [-0.39, 0.29) is 11.6 Å². The summed E-state index contributed by atoms with van der Waals surface area (Å²) < 4.78 is 41.7. The van der Waals surface area contributed by atoms with E-state index >= 15 is 0 Å². The number of carbonyl (C=O) groups is 1. The van der Waals surface area contributed by atoms with Crippen molar-refractivity contribution in [2.75, 3.05) is 32.1 Å². The highest BCUT2D eigenvalue weighted by Crippen LogP contribution is 2.33. The average Bonchev–Trinajstić information content (AvgIpc) is 3.03. The van der Waals surface area contributed by atoms with Gasteiger partial charge in [0, 0.05) is 31.5 Å². The van der Waals surface area contributed by atoms with Crippen molar-refractivity contribution in [3.63, 3.8) is 0 Å². The number of carbonyl (C=O) groups excluding carboxylic acids is 1. The molecule has 28 heavy (non-hydrogen) atoms. The average molecular weight is 411 g/mol. The Bertz CT molecular complexity index is 962. The molecule has 0 aliphatic carbocycles. The number of ether oxygens (including phenoxy) is 1. The summed E-state index contributed by atoms with van der Waals surface area (Å²) in [6, 6.07) is 5.45. The molecule has 1 aromatic carbocycles. The maximum absolute atomic E-state index is 12.9. The van der Waals surface area contributed by atoms with Crippen LogP contribution >= 0.6 is 11.3 Å². The Morgan fingerprint density at radius 2 is 1.89 bits per heavy atom. The third-order valence-electron chi connectivity index (χ3n) is 3.59. The van der Waals surface area contributed by atoms with Crippen molar-refractivity contribution in [1.29, 1.82) is 0 Å². The van der Waals surface area contributed by atoms with Crippen LogP contribution in [-0.2, 0) is 0 Å². The number of anilines is 1. The number of likely N-dealkylation sites (N-methyl/N-ethyl adjacent to an activating group) is 1. The number of rotatable bonds is 6. The number of thiazole rings is 1. The van der Waals surface area contributed by atoms with Gasteiger partial charge in [-0.1, -0.05) is 11.3 Å². The fourth-order valence-corrected chi connectivity index (χ4v) is 3.34. The van der Waals surface area contributed by atoms with Crippen molar-refractivity contribution in [1.82, 2.24) is 19.9 Å². The fraction of sp³-hybridized carbons (Fsp3) is 0.294. The van der Waals surface area contributed by atoms with Gasteiger partial charge in [0.25, 0.3) is 5.91 Å². The monoisotopic (exact) mass is 411 g/mol. The summed E-state index contributed by atoms with van der Waals surface area (Å²) in [6.07, 6.45) is -1.85. The second kappa shape index (κ2) is 8.07. The molecule has 0 saturated carbocycles. The highest BCUT2D eigenvalue weighted by molar-refractivity contribution is 7.22. The van der Waals surface area contributed by atoms with Crippen LogP contribution in [0.15, 0.2) is 36.7 Å². The Hall–Kier alpha value is -2.79. The molecule has 0 atom stereocenters. The van der Waals surface area contributed by atoms with E-state index in [0.717, 1.165) is 11.3 Å². The molecule has 2 aromatic heterocycles. The Kier molecular flexibility index (Phi) is 5.75. The number of alkyl halides is 3. The van der Waals surface area contributed by atoms with Gasteiger partial charge in [-0.15, -0.1) is 13.2 Å². The molecule has 0 saturated heterocycles. The molecule has 0 fully saturated rings. The van der Waals surface area contributed by atoms with Gasteiger partial charge >= 0.3 is 6.36 Å². The number of aromatic nitrogens is 3. The molecule has 3 aromatic rings. The van der Waals surface area contributed by atoms with Gasteiger partial charge in [-0.05, 0) is 32.3 Å². The lowest BCUT2D eigenvalue weighted by atomic mass is 10.3. The standard InChI is InChI=1S/C17H16F3N5O2S/c1-24(2)8-9-25(15(26)14-21-6-3-7-22-14)16-23-12-5-4-11(10-13(12)28-16)27-17(18,19)20/h3-7,10H,8-9H2,1-2H3. The largest absolute Gasteiger partial charge is 0.573 e. The summed E-state index contributed by atoms with van der Waals surface area (Å²) in [5.41, 5.74) is 0.464. The van der Waals surface area contributed by atoms with Crippen LogP contribution in [0.1, 0.15) is 10.6 Å². The molecule has 7 nitrogen and oxygen atoms in total. The maximum Gasteiger partial charge on any atom is 0.573 e.